The normalized spacial score (nSPS) is 18.0. The molecule has 0 saturated heterocycles. The predicted octanol–water partition coefficient (Wildman–Crippen LogP) is 3.02. The second-order valence-corrected chi connectivity index (χ2v) is 7.61. The standard InChI is InChI=1S/C14H20F3NO2S/c1-9(18-21(20)13(2,3)4)10-6-5-7-11(12(10)15)14(16,17)8-19/h5-7,9,18-19H,8H2,1-4H3/t9-,21?/m0/s1/i8D2. The van der Waals surface area contributed by atoms with E-state index in [0.29, 0.717) is 6.07 Å². The molecule has 1 aromatic carbocycles. The number of rotatable bonds is 5. The predicted molar refractivity (Wildman–Crippen MR) is 76.8 cm³/mol. The molecule has 0 spiro atoms. The third-order valence-electron chi connectivity index (χ3n) is 2.81. The first-order chi connectivity index (χ1) is 10.2. The molecule has 2 N–H and O–H groups in total. The Morgan fingerprint density at radius 1 is 1.43 bits per heavy atom. The van der Waals surface area contributed by atoms with Gasteiger partial charge in [0.2, 0.25) is 0 Å². The largest absolute Gasteiger partial charge is 0.598 e. The molecule has 0 heterocycles. The molecule has 0 aromatic heterocycles. The number of nitrogens with one attached hydrogen (secondary N) is 1. The summed E-state index contributed by atoms with van der Waals surface area (Å²) in [5.41, 5.74) is -1.44. The van der Waals surface area contributed by atoms with Crippen molar-refractivity contribution in [2.75, 3.05) is 6.56 Å². The molecule has 1 aromatic rings. The van der Waals surface area contributed by atoms with Crippen LogP contribution in [0.5, 0.6) is 0 Å². The Balaban J connectivity index is 3.20. The van der Waals surface area contributed by atoms with Gasteiger partial charge in [-0.15, -0.1) is 4.72 Å². The maximum atomic E-state index is 14.4. The van der Waals surface area contributed by atoms with Crippen LogP contribution in [0.2, 0.25) is 0 Å². The lowest BCUT2D eigenvalue weighted by molar-refractivity contribution is -0.0584. The number of halogens is 3. The van der Waals surface area contributed by atoms with Gasteiger partial charge in [-0.3, -0.25) is 0 Å². The summed E-state index contributed by atoms with van der Waals surface area (Å²) in [5.74, 6) is -5.77. The van der Waals surface area contributed by atoms with Crippen LogP contribution in [-0.2, 0) is 17.3 Å². The molecule has 3 nitrogen and oxygen atoms in total. The fourth-order valence-electron chi connectivity index (χ4n) is 1.59. The Labute approximate surface area is 128 Å². The number of aliphatic hydroxyl groups is 1. The summed E-state index contributed by atoms with van der Waals surface area (Å²) in [6, 6.07) is 2.22. The summed E-state index contributed by atoms with van der Waals surface area (Å²) in [5, 5.41) is 8.96. The molecule has 0 radical (unpaired) electrons. The number of alkyl halides is 2. The Kier molecular flexibility index (Phi) is 4.73. The highest BCUT2D eigenvalue weighted by Crippen LogP contribution is 2.32. The third-order valence-corrected chi connectivity index (χ3v) is 4.49. The first kappa shape index (κ1) is 15.1. The quantitative estimate of drug-likeness (QED) is 0.818. The summed E-state index contributed by atoms with van der Waals surface area (Å²) in [7, 11) is 0. The fourth-order valence-corrected chi connectivity index (χ4v) is 2.39. The maximum Gasteiger partial charge on any atom is 0.298 e. The van der Waals surface area contributed by atoms with E-state index in [1.807, 2.05) is 0 Å². The molecule has 7 heteroatoms. The van der Waals surface area contributed by atoms with Gasteiger partial charge >= 0.3 is 0 Å². The number of hydrogen-bond acceptors (Lipinski definition) is 3. The SMILES string of the molecule is [2H]C([2H])(O)C(F)(F)c1cccc([C@H](C)N[S+]([O-])C(C)(C)C)c1F. The lowest BCUT2D eigenvalue weighted by Crippen LogP contribution is -2.40. The lowest BCUT2D eigenvalue weighted by atomic mass is 10.0. The average Bonchev–Trinajstić information content (AvgIpc) is 2.35. The minimum absolute atomic E-state index is 0.191. The van der Waals surface area contributed by atoms with Crippen LogP contribution < -0.4 is 4.72 Å². The second-order valence-electron chi connectivity index (χ2n) is 5.62. The van der Waals surface area contributed by atoms with Gasteiger partial charge in [0.25, 0.3) is 5.92 Å². The molecule has 0 bridgehead atoms. The van der Waals surface area contributed by atoms with Gasteiger partial charge < -0.3 is 9.66 Å². The zero-order valence-electron chi connectivity index (χ0n) is 14.2. The molecule has 2 atom stereocenters. The highest BCUT2D eigenvalue weighted by molar-refractivity contribution is 7.90. The van der Waals surface area contributed by atoms with Crippen molar-refractivity contribution in [2.24, 2.45) is 0 Å². The van der Waals surface area contributed by atoms with E-state index in [1.54, 1.807) is 20.8 Å². The van der Waals surface area contributed by atoms with Gasteiger partial charge in [0.15, 0.2) is 0 Å². The minimum atomic E-state index is -4.42. The summed E-state index contributed by atoms with van der Waals surface area (Å²) in [4.78, 5) is 0. The Bertz CT molecular complexity index is 562. The van der Waals surface area contributed by atoms with Gasteiger partial charge in [-0.25, -0.2) is 4.39 Å². The number of benzene rings is 1. The molecule has 1 rings (SSSR count). The highest BCUT2D eigenvalue weighted by Gasteiger charge is 2.36. The van der Waals surface area contributed by atoms with Crippen LogP contribution in [-0.4, -0.2) is 21.0 Å². The van der Waals surface area contributed by atoms with Gasteiger partial charge in [-0.2, -0.15) is 8.78 Å². The van der Waals surface area contributed by atoms with E-state index < -0.39 is 46.0 Å². The van der Waals surface area contributed by atoms with Crippen LogP contribution >= 0.6 is 0 Å². The van der Waals surface area contributed by atoms with Crippen molar-refractivity contribution in [3.63, 3.8) is 0 Å². The van der Waals surface area contributed by atoms with Crippen molar-refractivity contribution in [2.45, 2.75) is 44.4 Å². The number of hydrogen-bond donors (Lipinski definition) is 2. The van der Waals surface area contributed by atoms with Gasteiger partial charge in [0.1, 0.15) is 17.1 Å². The monoisotopic (exact) mass is 325 g/mol. The van der Waals surface area contributed by atoms with E-state index in [0.717, 1.165) is 6.07 Å². The highest BCUT2D eigenvalue weighted by atomic mass is 32.2. The van der Waals surface area contributed by atoms with E-state index in [-0.39, 0.29) is 5.56 Å². The van der Waals surface area contributed by atoms with Gasteiger partial charge in [0.05, 0.1) is 14.3 Å². The molecule has 0 amide bonds. The van der Waals surface area contributed by atoms with Crippen LogP contribution in [0, 0.1) is 5.82 Å². The molecule has 0 aliphatic rings. The summed E-state index contributed by atoms with van der Waals surface area (Å²) in [6.07, 6.45) is 0. The van der Waals surface area contributed by atoms with E-state index >= 15 is 0 Å². The third kappa shape index (κ3) is 4.35. The zero-order chi connectivity index (χ0) is 18.2. The molecule has 0 aliphatic heterocycles. The van der Waals surface area contributed by atoms with Gasteiger partial charge in [-0.05, 0) is 33.8 Å². The van der Waals surface area contributed by atoms with Crippen molar-refractivity contribution in [1.29, 1.82) is 0 Å². The average molecular weight is 325 g/mol. The van der Waals surface area contributed by atoms with Crippen molar-refractivity contribution >= 4 is 11.4 Å². The molecule has 21 heavy (non-hydrogen) atoms. The molecule has 0 saturated carbocycles. The second kappa shape index (κ2) is 6.56. The first-order valence-electron chi connectivity index (χ1n) is 7.26. The van der Waals surface area contributed by atoms with Crippen LogP contribution in [0.25, 0.3) is 0 Å². The van der Waals surface area contributed by atoms with Crippen molar-refractivity contribution in [3.8, 4) is 0 Å². The first-order valence-corrected chi connectivity index (χ1v) is 7.41. The Morgan fingerprint density at radius 2 is 2.00 bits per heavy atom. The van der Waals surface area contributed by atoms with Crippen molar-refractivity contribution < 1.29 is 25.6 Å². The van der Waals surface area contributed by atoms with Gasteiger partial charge in [-0.1, -0.05) is 12.1 Å². The summed E-state index contributed by atoms with van der Waals surface area (Å²) in [6.45, 7) is 2.65. The zero-order valence-corrected chi connectivity index (χ0v) is 13.0. The molecule has 1 unspecified atom stereocenters. The minimum Gasteiger partial charge on any atom is -0.598 e. The smallest absolute Gasteiger partial charge is 0.298 e. The Morgan fingerprint density at radius 3 is 2.48 bits per heavy atom. The molecule has 0 fully saturated rings. The van der Waals surface area contributed by atoms with Crippen molar-refractivity contribution in [3.05, 3.63) is 35.1 Å². The fraction of sp³-hybridized carbons (Fsp3) is 0.571. The van der Waals surface area contributed by atoms with E-state index in [4.69, 9.17) is 7.85 Å². The van der Waals surface area contributed by atoms with E-state index in [9.17, 15) is 17.7 Å². The molecule has 0 aliphatic carbocycles. The Hall–Kier alpha value is -0.760. The lowest BCUT2D eigenvalue weighted by Gasteiger charge is -2.27. The van der Waals surface area contributed by atoms with E-state index in [2.05, 4.69) is 4.72 Å². The summed E-state index contributed by atoms with van der Waals surface area (Å²) < 4.78 is 69.7. The van der Waals surface area contributed by atoms with Gasteiger partial charge in [0, 0.05) is 16.9 Å². The topological polar surface area (TPSA) is 55.3 Å². The maximum absolute atomic E-state index is 14.4. The van der Waals surface area contributed by atoms with E-state index in [1.165, 1.54) is 13.0 Å². The molecule has 120 valence electrons. The van der Waals surface area contributed by atoms with Crippen LogP contribution in [0.15, 0.2) is 18.2 Å². The van der Waals surface area contributed by atoms with Crippen molar-refractivity contribution in [1.82, 2.24) is 4.72 Å². The summed E-state index contributed by atoms with van der Waals surface area (Å²) >= 11 is -1.55. The van der Waals surface area contributed by atoms with Crippen LogP contribution in [0.4, 0.5) is 13.2 Å². The molecular weight excluding hydrogens is 303 g/mol. The van der Waals surface area contributed by atoms with Crippen LogP contribution in [0.3, 0.4) is 0 Å². The molecular formula is C14H20F3NO2S. The van der Waals surface area contributed by atoms with Crippen LogP contribution in [0.1, 0.15) is 47.6 Å².